The van der Waals surface area contributed by atoms with E-state index in [-0.39, 0.29) is 0 Å². The summed E-state index contributed by atoms with van der Waals surface area (Å²) in [7, 11) is 0. The van der Waals surface area contributed by atoms with E-state index in [0.717, 1.165) is 83.3 Å². The monoisotopic (exact) mass is 792 g/mol. The Bertz CT molecular complexity index is 3540. The Kier molecular flexibility index (Phi) is 8.38. The van der Waals surface area contributed by atoms with E-state index in [1.165, 1.54) is 10.8 Å². The molecule has 4 aromatic heterocycles. The van der Waals surface area contributed by atoms with Gasteiger partial charge in [0, 0.05) is 49.5 Å². The molecule has 0 aliphatic rings. The van der Waals surface area contributed by atoms with Gasteiger partial charge in [-0.25, -0.2) is 9.97 Å². The molecule has 0 aliphatic carbocycles. The van der Waals surface area contributed by atoms with Crippen molar-refractivity contribution in [3.8, 4) is 68.1 Å². The van der Waals surface area contributed by atoms with Crippen molar-refractivity contribution in [1.29, 1.82) is 0 Å². The van der Waals surface area contributed by atoms with E-state index in [4.69, 9.17) is 19.9 Å². The molecule has 0 saturated carbocycles. The van der Waals surface area contributed by atoms with Crippen LogP contribution in [-0.4, -0.2) is 29.1 Å². The molecule has 0 amide bonds. The third-order valence-corrected chi connectivity index (χ3v) is 11.8. The predicted molar refractivity (Wildman–Crippen MR) is 253 cm³/mol. The standard InChI is InChI=1S/C56H36N6/c1-5-17-38(18-6-1)48-33-42(34-49(57-48)39-19-7-2-8-20-39)37-29-31-41(32-30-37)55-58-54(40-21-9-3-10-22-40)59-56(60-55)62-51-28-16-14-26-45(51)47-35-46-44-25-13-15-27-50(44)61(52(46)36-53(47)62)43-23-11-4-12-24-43/h1-36H. The maximum absolute atomic E-state index is 5.31. The number of para-hydroxylation sites is 3. The molecule has 0 atom stereocenters. The molecule has 0 radical (unpaired) electrons. The van der Waals surface area contributed by atoms with Crippen molar-refractivity contribution in [1.82, 2.24) is 29.1 Å². The van der Waals surface area contributed by atoms with E-state index in [1.807, 2.05) is 30.3 Å². The van der Waals surface area contributed by atoms with Crippen LogP contribution in [0.5, 0.6) is 0 Å². The lowest BCUT2D eigenvalue weighted by Crippen LogP contribution is -2.06. The summed E-state index contributed by atoms with van der Waals surface area (Å²) in [5.41, 5.74) is 13.4. The van der Waals surface area contributed by atoms with Gasteiger partial charge in [-0.2, -0.15) is 9.97 Å². The molecule has 0 bridgehead atoms. The van der Waals surface area contributed by atoms with Gasteiger partial charge in [0.25, 0.3) is 0 Å². The van der Waals surface area contributed by atoms with Gasteiger partial charge < -0.3 is 4.57 Å². The third kappa shape index (κ3) is 6.04. The number of hydrogen-bond acceptors (Lipinski definition) is 4. The van der Waals surface area contributed by atoms with Crippen molar-refractivity contribution < 1.29 is 0 Å². The summed E-state index contributed by atoms with van der Waals surface area (Å²) in [5, 5.41) is 4.68. The SMILES string of the molecule is c1ccc(-c2cc(-c3ccc(-c4nc(-c5ccccc5)nc(-n5c6ccccc6c6cc7c8ccccc8n(-c8ccccc8)c7cc65)n4)cc3)cc(-c3ccccc3)n2)cc1. The molecule has 4 heterocycles. The average Bonchev–Trinajstić information content (AvgIpc) is 3.86. The zero-order valence-corrected chi connectivity index (χ0v) is 33.5. The number of nitrogens with zero attached hydrogens (tertiary/aromatic N) is 6. The highest BCUT2D eigenvalue weighted by Gasteiger charge is 2.21. The van der Waals surface area contributed by atoms with Crippen LogP contribution < -0.4 is 0 Å². The highest BCUT2D eigenvalue weighted by atomic mass is 15.2. The minimum absolute atomic E-state index is 0.556. The van der Waals surface area contributed by atoms with E-state index in [0.29, 0.717) is 17.6 Å². The van der Waals surface area contributed by atoms with Gasteiger partial charge in [-0.3, -0.25) is 4.57 Å². The van der Waals surface area contributed by atoms with Crippen molar-refractivity contribution in [3.05, 3.63) is 218 Å². The van der Waals surface area contributed by atoms with Crippen LogP contribution >= 0.6 is 0 Å². The zero-order chi connectivity index (χ0) is 41.0. The molecule has 0 unspecified atom stereocenters. The lowest BCUT2D eigenvalue weighted by Gasteiger charge is -2.12. The van der Waals surface area contributed by atoms with Crippen LogP contribution in [0.15, 0.2) is 218 Å². The lowest BCUT2D eigenvalue weighted by atomic mass is 9.99. The second-order valence-corrected chi connectivity index (χ2v) is 15.5. The Morgan fingerprint density at radius 3 is 1.26 bits per heavy atom. The molecule has 290 valence electrons. The highest BCUT2D eigenvalue weighted by Crippen LogP contribution is 2.40. The Hall–Kier alpha value is -8.48. The quantitative estimate of drug-likeness (QED) is 0.161. The lowest BCUT2D eigenvalue weighted by molar-refractivity contribution is 0.953. The number of fused-ring (bicyclic) bond motifs is 6. The molecule has 0 spiro atoms. The van der Waals surface area contributed by atoms with Crippen LogP contribution in [-0.2, 0) is 0 Å². The molecule has 0 fully saturated rings. The Morgan fingerprint density at radius 1 is 0.258 bits per heavy atom. The van der Waals surface area contributed by atoms with Gasteiger partial charge in [0.15, 0.2) is 11.6 Å². The first-order valence-electron chi connectivity index (χ1n) is 20.8. The molecule has 6 nitrogen and oxygen atoms in total. The third-order valence-electron chi connectivity index (χ3n) is 11.8. The minimum atomic E-state index is 0.556. The van der Waals surface area contributed by atoms with Crippen molar-refractivity contribution in [2.75, 3.05) is 0 Å². The summed E-state index contributed by atoms with van der Waals surface area (Å²) < 4.78 is 4.56. The number of pyridine rings is 1. The van der Waals surface area contributed by atoms with Gasteiger partial charge >= 0.3 is 0 Å². The van der Waals surface area contributed by atoms with Gasteiger partial charge in [0.1, 0.15) is 0 Å². The number of benzene rings is 8. The highest BCUT2D eigenvalue weighted by molar-refractivity contribution is 6.19. The predicted octanol–water partition coefficient (Wildman–Crippen LogP) is 13.8. The maximum atomic E-state index is 5.31. The van der Waals surface area contributed by atoms with Crippen molar-refractivity contribution >= 4 is 43.6 Å². The van der Waals surface area contributed by atoms with E-state index >= 15 is 0 Å². The number of rotatable bonds is 7. The molecule has 12 rings (SSSR count). The van der Waals surface area contributed by atoms with Gasteiger partial charge in [0.05, 0.1) is 33.5 Å². The molecule has 62 heavy (non-hydrogen) atoms. The van der Waals surface area contributed by atoms with Crippen LogP contribution in [0.4, 0.5) is 0 Å². The van der Waals surface area contributed by atoms with Crippen LogP contribution in [0.1, 0.15) is 0 Å². The average molecular weight is 793 g/mol. The first-order chi connectivity index (χ1) is 30.7. The maximum Gasteiger partial charge on any atom is 0.238 e. The fraction of sp³-hybridized carbons (Fsp3) is 0. The molecular formula is C56H36N6. The molecule has 0 N–H and O–H groups in total. The topological polar surface area (TPSA) is 61.4 Å². The molecule has 0 aliphatic heterocycles. The van der Waals surface area contributed by atoms with Crippen LogP contribution in [0.3, 0.4) is 0 Å². The zero-order valence-electron chi connectivity index (χ0n) is 33.5. The summed E-state index contributed by atoms with van der Waals surface area (Å²) in [5.74, 6) is 1.75. The molecule has 6 heteroatoms. The molecule has 12 aromatic rings. The summed E-state index contributed by atoms with van der Waals surface area (Å²) in [4.78, 5) is 20.8. The fourth-order valence-electron chi connectivity index (χ4n) is 8.83. The normalized spacial score (nSPS) is 11.5. The van der Waals surface area contributed by atoms with Gasteiger partial charge in [-0.15, -0.1) is 0 Å². The van der Waals surface area contributed by atoms with E-state index in [2.05, 4.69) is 197 Å². The van der Waals surface area contributed by atoms with Crippen molar-refractivity contribution in [2.45, 2.75) is 0 Å². The van der Waals surface area contributed by atoms with Crippen molar-refractivity contribution in [3.63, 3.8) is 0 Å². The molecule has 0 saturated heterocycles. The summed E-state index contributed by atoms with van der Waals surface area (Å²) in [6.45, 7) is 0. The number of aromatic nitrogens is 6. The van der Waals surface area contributed by atoms with Crippen molar-refractivity contribution in [2.24, 2.45) is 0 Å². The van der Waals surface area contributed by atoms with Gasteiger partial charge in [-0.05, 0) is 59.7 Å². The second kappa shape index (κ2) is 14.7. The molecular weight excluding hydrogens is 757 g/mol. The van der Waals surface area contributed by atoms with Crippen LogP contribution in [0.25, 0.3) is 112 Å². The van der Waals surface area contributed by atoms with Gasteiger partial charge in [-0.1, -0.05) is 170 Å². The van der Waals surface area contributed by atoms with Gasteiger partial charge in [0.2, 0.25) is 5.95 Å². The summed E-state index contributed by atoms with van der Waals surface area (Å²) in [6.07, 6.45) is 0. The number of hydrogen-bond donors (Lipinski definition) is 0. The Labute approximate surface area is 357 Å². The smallest absolute Gasteiger partial charge is 0.238 e. The van der Waals surface area contributed by atoms with Crippen LogP contribution in [0.2, 0.25) is 0 Å². The minimum Gasteiger partial charge on any atom is -0.309 e. The summed E-state index contributed by atoms with van der Waals surface area (Å²) in [6, 6.07) is 76.2. The van der Waals surface area contributed by atoms with E-state index in [9.17, 15) is 0 Å². The fourth-order valence-corrected chi connectivity index (χ4v) is 8.83. The Morgan fingerprint density at radius 2 is 0.694 bits per heavy atom. The Balaban J connectivity index is 1.05. The van der Waals surface area contributed by atoms with E-state index < -0.39 is 0 Å². The first kappa shape index (κ1) is 35.5. The largest absolute Gasteiger partial charge is 0.309 e. The molecule has 8 aromatic carbocycles. The van der Waals surface area contributed by atoms with E-state index in [1.54, 1.807) is 0 Å². The second-order valence-electron chi connectivity index (χ2n) is 15.5. The summed E-state index contributed by atoms with van der Waals surface area (Å²) >= 11 is 0. The first-order valence-corrected chi connectivity index (χ1v) is 20.8. The van der Waals surface area contributed by atoms with Crippen LogP contribution in [0, 0.1) is 0 Å².